The molecule has 0 N–H and O–H groups in total. The van der Waals surface area contributed by atoms with Gasteiger partial charge in [0.15, 0.2) is 5.75 Å². The summed E-state index contributed by atoms with van der Waals surface area (Å²) in [6, 6.07) is 13.0. The quantitative estimate of drug-likeness (QED) is 0.263. The Morgan fingerprint density at radius 2 is 2.00 bits per heavy atom. The van der Waals surface area contributed by atoms with Crippen LogP contribution in [-0.2, 0) is 17.8 Å². The Labute approximate surface area is 240 Å². The van der Waals surface area contributed by atoms with Gasteiger partial charge in [-0.05, 0) is 61.2 Å². The minimum Gasteiger partial charge on any atom is -0.486 e. The second kappa shape index (κ2) is 10.4. The number of halogens is 1. The number of amides is 1. The van der Waals surface area contributed by atoms with Crippen molar-refractivity contribution in [2.45, 2.75) is 39.8 Å². The molecule has 0 spiro atoms. The molecule has 6 rings (SSSR count). The topological polar surface area (TPSA) is 67.7 Å². The number of para-hydroxylation sites is 1. The van der Waals surface area contributed by atoms with Gasteiger partial charge in [0.05, 0.1) is 5.69 Å². The molecule has 0 radical (unpaired) electrons. The Morgan fingerprint density at radius 1 is 1.22 bits per heavy atom. The second-order valence-electron chi connectivity index (χ2n) is 10.6. The van der Waals surface area contributed by atoms with Crippen LogP contribution >= 0.6 is 9.24 Å². The summed E-state index contributed by atoms with van der Waals surface area (Å²) in [5.74, 6) is 0.671. The summed E-state index contributed by atoms with van der Waals surface area (Å²) in [5, 5.41) is 1.25. The maximum atomic E-state index is 14.8. The van der Waals surface area contributed by atoms with Crippen LogP contribution in [0.5, 0.6) is 5.75 Å². The number of rotatable bonds is 4. The number of anilines is 1. The minimum absolute atomic E-state index is 0.0905. The first-order valence-electron chi connectivity index (χ1n) is 13.8. The molecule has 0 aliphatic carbocycles. The SMILES string of the molecule is C=CC(=O)N1CCN(c2nc(=O)n(-c3ccccc3CC)c3c4c(c(C)cc23)-c2c(ccc(F)c2P)CO4)[C@@H](C)C1. The average Bonchev–Trinajstić information content (AvgIpc) is 2.98. The Bertz CT molecular complexity index is 1800. The predicted octanol–water partition coefficient (Wildman–Crippen LogP) is 4.68. The van der Waals surface area contributed by atoms with Crippen LogP contribution in [0.4, 0.5) is 10.2 Å². The number of aromatic nitrogens is 2. The fourth-order valence-corrected chi connectivity index (χ4v) is 6.62. The number of aryl methyl sites for hydroxylation is 2. The third-order valence-corrected chi connectivity index (χ3v) is 8.77. The van der Waals surface area contributed by atoms with E-state index in [4.69, 9.17) is 4.74 Å². The summed E-state index contributed by atoms with van der Waals surface area (Å²) in [7, 11) is 2.54. The van der Waals surface area contributed by atoms with E-state index < -0.39 is 5.69 Å². The van der Waals surface area contributed by atoms with E-state index in [1.807, 2.05) is 44.2 Å². The zero-order valence-corrected chi connectivity index (χ0v) is 24.6. The van der Waals surface area contributed by atoms with E-state index in [0.717, 1.165) is 45.3 Å². The van der Waals surface area contributed by atoms with Gasteiger partial charge in [-0.3, -0.25) is 9.36 Å². The third-order valence-electron chi connectivity index (χ3n) is 8.21. The van der Waals surface area contributed by atoms with Crippen LogP contribution in [-0.4, -0.2) is 46.0 Å². The van der Waals surface area contributed by atoms with E-state index in [-0.39, 0.29) is 24.4 Å². The van der Waals surface area contributed by atoms with Crippen molar-refractivity contribution >= 4 is 37.2 Å². The molecule has 41 heavy (non-hydrogen) atoms. The number of piperazine rings is 1. The molecule has 2 aliphatic rings. The first-order chi connectivity index (χ1) is 19.7. The first kappa shape index (κ1) is 27.2. The zero-order valence-electron chi connectivity index (χ0n) is 23.4. The summed E-state index contributed by atoms with van der Waals surface area (Å²) < 4.78 is 23.0. The highest BCUT2D eigenvalue weighted by atomic mass is 31.0. The van der Waals surface area contributed by atoms with Gasteiger partial charge in [-0.2, -0.15) is 4.98 Å². The molecule has 0 bridgehead atoms. The molecule has 9 heteroatoms. The number of fused-ring (bicyclic) bond motifs is 5. The lowest BCUT2D eigenvalue weighted by atomic mass is 9.91. The highest BCUT2D eigenvalue weighted by Gasteiger charge is 2.32. The number of carbonyl (C=O) groups is 1. The van der Waals surface area contributed by atoms with Gasteiger partial charge in [0, 0.05) is 47.5 Å². The van der Waals surface area contributed by atoms with Crippen molar-refractivity contribution in [2.24, 2.45) is 0 Å². The van der Waals surface area contributed by atoms with Crippen molar-refractivity contribution in [1.82, 2.24) is 14.5 Å². The summed E-state index contributed by atoms with van der Waals surface area (Å²) in [4.78, 5) is 34.9. The van der Waals surface area contributed by atoms with Crippen molar-refractivity contribution in [3.05, 3.63) is 88.1 Å². The largest absolute Gasteiger partial charge is 0.486 e. The van der Waals surface area contributed by atoms with Crippen molar-refractivity contribution in [2.75, 3.05) is 24.5 Å². The van der Waals surface area contributed by atoms with Crippen LogP contribution in [0.2, 0.25) is 0 Å². The van der Waals surface area contributed by atoms with Crippen molar-refractivity contribution < 1.29 is 13.9 Å². The van der Waals surface area contributed by atoms with Crippen LogP contribution in [0.15, 0.2) is 59.9 Å². The van der Waals surface area contributed by atoms with Crippen molar-refractivity contribution in [1.29, 1.82) is 0 Å². The lowest BCUT2D eigenvalue weighted by Crippen LogP contribution is -2.54. The van der Waals surface area contributed by atoms with Crippen molar-refractivity contribution in [3.63, 3.8) is 0 Å². The molecule has 3 heterocycles. The standard InChI is InChI=1S/C32H32FN4O3P/c1-5-20-9-7-8-10-24(20)37-28-22(31(34-32(37)39)36-14-13-35(16-19(36)4)25(38)6-2)15-18(3)26-27-21(17-40-29(26)28)11-12-23(33)30(27)41/h6-12,15,19H,2,5,13-14,16-17,41H2,1,3-4H3/t19-/m0/s1. The van der Waals surface area contributed by atoms with Crippen LogP contribution in [0.1, 0.15) is 30.5 Å². The Hall–Kier alpha value is -4.03. The molecule has 1 unspecified atom stereocenters. The molecule has 0 saturated carbocycles. The van der Waals surface area contributed by atoms with Gasteiger partial charge in [-0.1, -0.05) is 37.8 Å². The monoisotopic (exact) mass is 570 g/mol. The fraction of sp³-hybridized carbons (Fsp3) is 0.281. The molecule has 2 atom stereocenters. The van der Waals surface area contributed by atoms with Crippen LogP contribution in [0.3, 0.4) is 0 Å². The second-order valence-corrected chi connectivity index (χ2v) is 11.2. The number of benzene rings is 3. The third kappa shape index (κ3) is 4.32. The van der Waals surface area contributed by atoms with Gasteiger partial charge in [0.1, 0.15) is 23.8 Å². The van der Waals surface area contributed by atoms with E-state index in [1.165, 1.54) is 12.1 Å². The van der Waals surface area contributed by atoms with Gasteiger partial charge >= 0.3 is 5.69 Å². The number of ether oxygens (including phenoxy) is 1. The molecule has 4 aromatic rings. The molecule has 1 aromatic heterocycles. The van der Waals surface area contributed by atoms with E-state index >= 15 is 0 Å². The molecule has 1 amide bonds. The van der Waals surface area contributed by atoms with Gasteiger partial charge in [0.25, 0.3) is 0 Å². The lowest BCUT2D eigenvalue weighted by molar-refractivity contribution is -0.126. The van der Waals surface area contributed by atoms with Crippen molar-refractivity contribution in [3.8, 4) is 22.6 Å². The average molecular weight is 571 g/mol. The first-order valence-corrected chi connectivity index (χ1v) is 14.4. The molecular weight excluding hydrogens is 538 g/mol. The van der Waals surface area contributed by atoms with Gasteiger partial charge < -0.3 is 14.5 Å². The fourth-order valence-electron chi connectivity index (χ4n) is 6.19. The molecule has 2 aliphatic heterocycles. The molecule has 1 saturated heterocycles. The summed E-state index contributed by atoms with van der Waals surface area (Å²) in [5.41, 5.74) is 5.27. The number of hydrogen-bond donors (Lipinski definition) is 0. The highest BCUT2D eigenvalue weighted by Crippen LogP contribution is 2.46. The van der Waals surface area contributed by atoms with E-state index in [0.29, 0.717) is 42.0 Å². The highest BCUT2D eigenvalue weighted by molar-refractivity contribution is 7.28. The molecule has 1 fully saturated rings. The van der Waals surface area contributed by atoms with Gasteiger partial charge in [-0.25, -0.2) is 9.18 Å². The van der Waals surface area contributed by atoms with Crippen LogP contribution < -0.4 is 20.6 Å². The molecule has 210 valence electrons. The van der Waals surface area contributed by atoms with E-state index in [2.05, 4.69) is 32.6 Å². The number of carbonyl (C=O) groups excluding carboxylic acids is 1. The Balaban J connectivity index is 1.68. The van der Waals surface area contributed by atoms with E-state index in [9.17, 15) is 14.0 Å². The Kier molecular flexibility index (Phi) is 6.90. The smallest absolute Gasteiger partial charge is 0.354 e. The number of nitrogens with zero attached hydrogens (tertiary/aromatic N) is 4. The molecule has 7 nitrogen and oxygen atoms in total. The zero-order chi connectivity index (χ0) is 29.0. The normalized spacial score (nSPS) is 16.3. The number of hydrogen-bond acceptors (Lipinski definition) is 5. The lowest BCUT2D eigenvalue weighted by Gasteiger charge is -2.40. The molecular formula is C32H32FN4O3P. The summed E-state index contributed by atoms with van der Waals surface area (Å²) >= 11 is 0. The predicted molar refractivity (Wildman–Crippen MR) is 164 cm³/mol. The Morgan fingerprint density at radius 3 is 2.73 bits per heavy atom. The van der Waals surface area contributed by atoms with Crippen LogP contribution in [0.25, 0.3) is 27.7 Å². The maximum Gasteiger partial charge on any atom is 0.354 e. The van der Waals surface area contributed by atoms with Gasteiger partial charge in [-0.15, -0.1) is 9.24 Å². The van der Waals surface area contributed by atoms with Crippen LogP contribution in [0, 0.1) is 12.7 Å². The molecule has 3 aromatic carbocycles. The summed E-state index contributed by atoms with van der Waals surface area (Å²) in [6.45, 7) is 11.4. The minimum atomic E-state index is -0.420. The maximum absolute atomic E-state index is 14.8. The van der Waals surface area contributed by atoms with E-state index in [1.54, 1.807) is 15.5 Å². The van der Waals surface area contributed by atoms with Gasteiger partial charge in [0.2, 0.25) is 5.91 Å². The summed E-state index contributed by atoms with van der Waals surface area (Å²) in [6.07, 6.45) is 2.05.